The van der Waals surface area contributed by atoms with E-state index >= 15 is 0 Å². The van der Waals surface area contributed by atoms with Gasteiger partial charge in [0.05, 0.1) is 0 Å². The first-order chi connectivity index (χ1) is 5.14. The van der Waals surface area contributed by atoms with Crippen molar-refractivity contribution in [3.8, 4) is 0 Å². The second-order valence-electron chi connectivity index (χ2n) is 2.53. The summed E-state index contributed by atoms with van der Waals surface area (Å²) in [6.07, 6.45) is 3.28. The van der Waals surface area contributed by atoms with E-state index in [0.29, 0.717) is 5.57 Å². The molecule has 0 bridgehead atoms. The first-order valence-corrected chi connectivity index (χ1v) is 4.15. The lowest BCUT2D eigenvalue weighted by Crippen LogP contribution is -2.25. The molecule has 11 heavy (non-hydrogen) atoms. The van der Waals surface area contributed by atoms with E-state index in [1.165, 1.54) is 6.08 Å². The summed E-state index contributed by atoms with van der Waals surface area (Å²) in [6, 6.07) is 0. The SMILES string of the molecule is COC1(C)C=CC(=O)/C1=C\Br. The second kappa shape index (κ2) is 2.91. The van der Waals surface area contributed by atoms with E-state index < -0.39 is 5.60 Å². The molecule has 1 aliphatic rings. The zero-order valence-electron chi connectivity index (χ0n) is 6.43. The van der Waals surface area contributed by atoms with Gasteiger partial charge in [0.25, 0.3) is 0 Å². The average molecular weight is 217 g/mol. The van der Waals surface area contributed by atoms with Crippen molar-refractivity contribution >= 4 is 21.7 Å². The molecule has 0 radical (unpaired) electrons. The Morgan fingerprint density at radius 3 is 2.73 bits per heavy atom. The fraction of sp³-hybridized carbons (Fsp3) is 0.375. The molecule has 0 aliphatic heterocycles. The summed E-state index contributed by atoms with van der Waals surface area (Å²) in [5.41, 5.74) is 0.0978. The topological polar surface area (TPSA) is 26.3 Å². The van der Waals surface area contributed by atoms with Crippen LogP contribution >= 0.6 is 15.9 Å². The highest BCUT2D eigenvalue weighted by Crippen LogP contribution is 2.29. The lowest BCUT2D eigenvalue weighted by Gasteiger charge is -2.20. The summed E-state index contributed by atoms with van der Waals surface area (Å²) in [5, 5.41) is 0. The smallest absolute Gasteiger partial charge is 0.185 e. The maximum absolute atomic E-state index is 11.1. The monoisotopic (exact) mass is 216 g/mol. The molecule has 60 valence electrons. The van der Waals surface area contributed by atoms with Gasteiger partial charge in [0.2, 0.25) is 0 Å². The lowest BCUT2D eigenvalue weighted by atomic mass is 10.0. The molecule has 0 aromatic heterocycles. The number of rotatable bonds is 1. The summed E-state index contributed by atoms with van der Waals surface area (Å²) in [7, 11) is 1.58. The standard InChI is InChI=1S/C8H9BrO2/c1-8(11-2)4-3-7(10)6(8)5-9/h3-5H,1-2H3/b6-5+. The molecule has 0 amide bonds. The average Bonchev–Trinajstić information content (AvgIpc) is 2.29. The number of halogens is 1. The first-order valence-electron chi connectivity index (χ1n) is 3.23. The third-order valence-corrected chi connectivity index (χ3v) is 2.34. The fourth-order valence-corrected chi connectivity index (χ4v) is 1.68. The van der Waals surface area contributed by atoms with Crippen molar-refractivity contribution in [2.24, 2.45) is 0 Å². The number of hydrogen-bond acceptors (Lipinski definition) is 2. The predicted molar refractivity (Wildman–Crippen MR) is 46.6 cm³/mol. The van der Waals surface area contributed by atoms with Crippen molar-refractivity contribution < 1.29 is 9.53 Å². The van der Waals surface area contributed by atoms with Crippen molar-refractivity contribution in [2.75, 3.05) is 7.11 Å². The highest BCUT2D eigenvalue weighted by Gasteiger charge is 2.34. The van der Waals surface area contributed by atoms with E-state index in [2.05, 4.69) is 15.9 Å². The Hall–Kier alpha value is -0.410. The highest BCUT2D eigenvalue weighted by atomic mass is 79.9. The summed E-state index contributed by atoms with van der Waals surface area (Å²) < 4.78 is 5.17. The maximum Gasteiger partial charge on any atom is 0.185 e. The van der Waals surface area contributed by atoms with E-state index in [4.69, 9.17) is 4.74 Å². The molecular weight excluding hydrogens is 208 g/mol. The highest BCUT2D eigenvalue weighted by molar-refractivity contribution is 9.11. The Labute approximate surface area is 74.1 Å². The quantitative estimate of drug-likeness (QED) is 0.626. The number of carbonyl (C=O) groups is 1. The summed E-state index contributed by atoms with van der Waals surface area (Å²) in [6.45, 7) is 1.85. The molecule has 1 atom stereocenters. The summed E-state index contributed by atoms with van der Waals surface area (Å²) in [5.74, 6) is 0.00576. The molecule has 0 fully saturated rings. The van der Waals surface area contributed by atoms with Gasteiger partial charge in [-0.15, -0.1) is 0 Å². The molecule has 0 aromatic carbocycles. The van der Waals surface area contributed by atoms with Gasteiger partial charge < -0.3 is 4.74 Å². The molecule has 0 heterocycles. The Kier molecular flexibility index (Phi) is 2.30. The normalized spacial score (nSPS) is 33.7. The van der Waals surface area contributed by atoms with Crippen LogP contribution in [-0.4, -0.2) is 18.5 Å². The first kappa shape index (κ1) is 8.68. The van der Waals surface area contributed by atoms with E-state index in [0.717, 1.165) is 0 Å². The number of methoxy groups -OCH3 is 1. The van der Waals surface area contributed by atoms with Crippen LogP contribution in [0.15, 0.2) is 22.7 Å². The number of hydrogen-bond donors (Lipinski definition) is 0. The van der Waals surface area contributed by atoms with Crippen LogP contribution in [0.25, 0.3) is 0 Å². The fourth-order valence-electron chi connectivity index (χ4n) is 0.999. The molecule has 0 spiro atoms. The van der Waals surface area contributed by atoms with Gasteiger partial charge in [0.1, 0.15) is 5.60 Å². The molecule has 1 aliphatic carbocycles. The number of ketones is 1. The second-order valence-corrected chi connectivity index (χ2v) is 2.99. The van der Waals surface area contributed by atoms with Crippen molar-refractivity contribution in [2.45, 2.75) is 12.5 Å². The van der Waals surface area contributed by atoms with Gasteiger partial charge in [0.15, 0.2) is 5.78 Å². The molecule has 3 heteroatoms. The third kappa shape index (κ3) is 1.30. The van der Waals surface area contributed by atoms with Crippen molar-refractivity contribution in [1.82, 2.24) is 0 Å². The van der Waals surface area contributed by atoms with Gasteiger partial charge in [-0.05, 0) is 24.1 Å². The molecule has 0 saturated heterocycles. The van der Waals surface area contributed by atoms with Gasteiger partial charge in [-0.2, -0.15) is 0 Å². The van der Waals surface area contributed by atoms with Crippen molar-refractivity contribution in [1.29, 1.82) is 0 Å². The molecule has 0 aromatic rings. The molecule has 2 nitrogen and oxygen atoms in total. The molecular formula is C8H9BrO2. The van der Waals surface area contributed by atoms with Gasteiger partial charge in [-0.1, -0.05) is 15.9 Å². The van der Waals surface area contributed by atoms with E-state index in [1.54, 1.807) is 18.2 Å². The van der Waals surface area contributed by atoms with Crippen LogP contribution in [0.2, 0.25) is 0 Å². The minimum Gasteiger partial charge on any atom is -0.370 e. The lowest BCUT2D eigenvalue weighted by molar-refractivity contribution is -0.112. The Morgan fingerprint density at radius 2 is 2.36 bits per heavy atom. The minimum absolute atomic E-state index is 0.00576. The third-order valence-electron chi connectivity index (χ3n) is 1.89. The molecule has 1 unspecified atom stereocenters. The van der Waals surface area contributed by atoms with E-state index in [-0.39, 0.29) is 5.78 Å². The maximum atomic E-state index is 11.1. The van der Waals surface area contributed by atoms with Crippen molar-refractivity contribution in [3.05, 3.63) is 22.7 Å². The van der Waals surface area contributed by atoms with E-state index in [1.807, 2.05) is 6.92 Å². The summed E-state index contributed by atoms with van der Waals surface area (Å²) >= 11 is 3.13. The van der Waals surface area contributed by atoms with Crippen LogP contribution in [0.3, 0.4) is 0 Å². The van der Waals surface area contributed by atoms with Crippen LogP contribution in [0.4, 0.5) is 0 Å². The summed E-state index contributed by atoms with van der Waals surface area (Å²) in [4.78, 5) is 12.7. The zero-order chi connectivity index (χ0) is 8.48. The van der Waals surface area contributed by atoms with Gasteiger partial charge in [-0.25, -0.2) is 0 Å². The molecule has 1 rings (SSSR count). The van der Waals surface area contributed by atoms with E-state index in [9.17, 15) is 4.79 Å². The van der Waals surface area contributed by atoms with Crippen LogP contribution < -0.4 is 0 Å². The zero-order valence-corrected chi connectivity index (χ0v) is 8.01. The van der Waals surface area contributed by atoms with Crippen molar-refractivity contribution in [3.63, 3.8) is 0 Å². The van der Waals surface area contributed by atoms with Gasteiger partial charge >= 0.3 is 0 Å². The Morgan fingerprint density at radius 1 is 1.73 bits per heavy atom. The Bertz CT molecular complexity index is 242. The predicted octanol–water partition coefficient (Wildman–Crippen LogP) is 1.81. The Balaban J connectivity index is 3.03. The van der Waals surface area contributed by atoms with Crippen LogP contribution in [0.1, 0.15) is 6.92 Å². The number of carbonyl (C=O) groups excluding carboxylic acids is 1. The van der Waals surface area contributed by atoms with Crippen LogP contribution in [-0.2, 0) is 9.53 Å². The van der Waals surface area contributed by atoms with Gasteiger partial charge in [0, 0.05) is 12.7 Å². The van der Waals surface area contributed by atoms with Crippen LogP contribution in [0.5, 0.6) is 0 Å². The number of allylic oxidation sites excluding steroid dienone is 1. The van der Waals surface area contributed by atoms with Gasteiger partial charge in [-0.3, -0.25) is 4.79 Å². The van der Waals surface area contributed by atoms with Crippen LogP contribution in [0, 0.1) is 0 Å². The molecule has 0 saturated carbocycles. The molecule has 0 N–H and O–H groups in total. The number of ether oxygens (including phenoxy) is 1. The minimum atomic E-state index is -0.541. The largest absolute Gasteiger partial charge is 0.370 e.